The molecule has 0 aromatic carbocycles. The van der Waals surface area contributed by atoms with E-state index in [1.165, 1.54) is 238 Å². The Morgan fingerprint density at radius 3 is 1.16 bits per heavy atom. The van der Waals surface area contributed by atoms with Crippen LogP contribution in [-0.2, 0) is 14.3 Å². The summed E-state index contributed by atoms with van der Waals surface area (Å²) < 4.78 is 5.45. The summed E-state index contributed by atoms with van der Waals surface area (Å²) in [6.07, 6.45) is 64.8. The Balaban J connectivity index is 3.43. The van der Waals surface area contributed by atoms with E-state index < -0.39 is 12.1 Å². The lowest BCUT2D eigenvalue weighted by Gasteiger charge is -2.20. The molecule has 0 saturated heterocycles. The van der Waals surface area contributed by atoms with E-state index in [2.05, 4.69) is 31.3 Å². The minimum Gasteiger partial charge on any atom is -0.466 e. The van der Waals surface area contributed by atoms with Gasteiger partial charge in [0.2, 0.25) is 5.91 Å². The van der Waals surface area contributed by atoms with Crippen LogP contribution in [0.25, 0.3) is 0 Å². The molecule has 3 N–H and O–H groups in total. The number of allylic oxidation sites excluding steroid dienone is 3. The number of hydrogen-bond donors (Lipinski definition) is 3. The Hall–Kier alpha value is -1.66. The van der Waals surface area contributed by atoms with Gasteiger partial charge in [0, 0.05) is 12.8 Å². The van der Waals surface area contributed by atoms with Crippen molar-refractivity contribution in [1.29, 1.82) is 0 Å². The van der Waals surface area contributed by atoms with Crippen LogP contribution in [0.15, 0.2) is 24.3 Å². The molecule has 64 heavy (non-hydrogen) atoms. The fourth-order valence-corrected chi connectivity index (χ4v) is 8.79. The van der Waals surface area contributed by atoms with Crippen LogP contribution in [0.4, 0.5) is 0 Å². The number of aliphatic hydroxyl groups is 2. The lowest BCUT2D eigenvalue weighted by molar-refractivity contribution is -0.143. The van der Waals surface area contributed by atoms with Gasteiger partial charge in [-0.05, 0) is 51.4 Å². The molecule has 0 bridgehead atoms. The smallest absolute Gasteiger partial charge is 0.305 e. The molecule has 0 heterocycles. The van der Waals surface area contributed by atoms with Gasteiger partial charge in [-0.2, -0.15) is 0 Å². The first-order valence-corrected chi connectivity index (χ1v) is 28.6. The predicted molar refractivity (Wildman–Crippen MR) is 278 cm³/mol. The highest BCUT2D eigenvalue weighted by Crippen LogP contribution is 2.17. The zero-order valence-electron chi connectivity index (χ0n) is 43.0. The molecule has 6 heteroatoms. The second-order valence-corrected chi connectivity index (χ2v) is 19.6. The Morgan fingerprint density at radius 1 is 0.422 bits per heavy atom. The molecule has 0 aliphatic carbocycles. The van der Waals surface area contributed by atoms with E-state index in [0.29, 0.717) is 19.4 Å². The monoisotopic (exact) mass is 902 g/mol. The van der Waals surface area contributed by atoms with Gasteiger partial charge in [0.1, 0.15) is 0 Å². The zero-order valence-corrected chi connectivity index (χ0v) is 43.0. The number of carbonyl (C=O) groups is 2. The predicted octanol–water partition coefficient (Wildman–Crippen LogP) is 17.5. The number of rotatable bonds is 53. The molecular formula is C58H111NO5. The van der Waals surface area contributed by atoms with E-state index in [1.54, 1.807) is 6.08 Å². The van der Waals surface area contributed by atoms with Crippen molar-refractivity contribution in [3.8, 4) is 0 Å². The van der Waals surface area contributed by atoms with Crippen LogP contribution in [0.5, 0.6) is 0 Å². The van der Waals surface area contributed by atoms with Gasteiger partial charge in [-0.25, -0.2) is 0 Å². The summed E-state index contributed by atoms with van der Waals surface area (Å²) in [6, 6.07) is -0.629. The lowest BCUT2D eigenvalue weighted by Crippen LogP contribution is -2.45. The van der Waals surface area contributed by atoms with Crippen molar-refractivity contribution in [3.63, 3.8) is 0 Å². The topological polar surface area (TPSA) is 95.9 Å². The maximum atomic E-state index is 12.5. The average molecular weight is 903 g/mol. The normalized spacial score (nSPS) is 12.8. The number of amides is 1. The van der Waals surface area contributed by atoms with E-state index in [1.807, 2.05) is 6.08 Å². The number of ether oxygens (including phenoxy) is 1. The molecule has 6 nitrogen and oxygen atoms in total. The zero-order chi connectivity index (χ0) is 46.5. The molecule has 0 fully saturated rings. The van der Waals surface area contributed by atoms with Crippen LogP contribution < -0.4 is 5.32 Å². The van der Waals surface area contributed by atoms with Crippen LogP contribution in [0.1, 0.15) is 309 Å². The standard InChI is InChI=1S/C58H111NO5/c1-3-5-7-9-11-13-15-16-17-24-27-31-34-38-42-46-50-56(61)55(54-60)59-57(62)51-47-43-39-35-32-28-25-22-20-18-19-21-23-26-29-33-37-41-45-49-53-64-58(63)52-48-44-40-36-30-14-12-10-8-6-4-2/h10,12,46,50,55-56,60-61H,3-9,11,13-45,47-49,51-54H2,1-2H3,(H,59,62)/b12-10-,50-46+. The second kappa shape index (κ2) is 54.0. The van der Waals surface area contributed by atoms with E-state index in [-0.39, 0.29) is 18.5 Å². The molecule has 0 aromatic rings. The molecule has 0 spiro atoms. The van der Waals surface area contributed by atoms with Crippen LogP contribution in [-0.4, -0.2) is 47.4 Å². The van der Waals surface area contributed by atoms with Crippen LogP contribution in [0.3, 0.4) is 0 Å². The molecule has 0 saturated carbocycles. The molecule has 2 atom stereocenters. The summed E-state index contributed by atoms with van der Waals surface area (Å²) in [5.41, 5.74) is 0. The van der Waals surface area contributed by atoms with Gasteiger partial charge < -0.3 is 20.3 Å². The van der Waals surface area contributed by atoms with Crippen molar-refractivity contribution in [1.82, 2.24) is 5.32 Å². The van der Waals surface area contributed by atoms with Crippen LogP contribution >= 0.6 is 0 Å². The number of nitrogens with one attached hydrogen (secondary N) is 1. The van der Waals surface area contributed by atoms with Crippen molar-refractivity contribution in [2.45, 2.75) is 321 Å². The minimum absolute atomic E-state index is 0.00116. The first-order chi connectivity index (χ1) is 31.5. The highest BCUT2D eigenvalue weighted by atomic mass is 16.5. The van der Waals surface area contributed by atoms with Gasteiger partial charge in [-0.1, -0.05) is 269 Å². The third-order valence-electron chi connectivity index (χ3n) is 13.2. The number of esters is 1. The number of carbonyl (C=O) groups excluding carboxylic acids is 2. The second-order valence-electron chi connectivity index (χ2n) is 19.6. The fraction of sp³-hybridized carbons (Fsp3) is 0.897. The summed E-state index contributed by atoms with van der Waals surface area (Å²) >= 11 is 0. The van der Waals surface area contributed by atoms with Gasteiger partial charge in [-0.15, -0.1) is 0 Å². The molecule has 0 aliphatic rings. The largest absolute Gasteiger partial charge is 0.466 e. The lowest BCUT2D eigenvalue weighted by atomic mass is 10.0. The number of unbranched alkanes of at least 4 members (excludes halogenated alkanes) is 40. The molecular weight excluding hydrogens is 791 g/mol. The van der Waals surface area contributed by atoms with E-state index in [0.717, 1.165) is 44.9 Å². The quantitative estimate of drug-likeness (QED) is 0.0321. The van der Waals surface area contributed by atoms with Gasteiger partial charge >= 0.3 is 5.97 Å². The van der Waals surface area contributed by atoms with Gasteiger partial charge in [-0.3, -0.25) is 9.59 Å². The Kier molecular flexibility index (Phi) is 52.6. The fourth-order valence-electron chi connectivity index (χ4n) is 8.79. The minimum atomic E-state index is -0.845. The van der Waals surface area contributed by atoms with E-state index >= 15 is 0 Å². The Morgan fingerprint density at radius 2 is 0.750 bits per heavy atom. The van der Waals surface area contributed by atoms with Crippen molar-refractivity contribution in [2.24, 2.45) is 0 Å². The summed E-state index contributed by atoms with van der Waals surface area (Å²) in [4.78, 5) is 24.4. The van der Waals surface area contributed by atoms with Crippen LogP contribution in [0.2, 0.25) is 0 Å². The van der Waals surface area contributed by atoms with E-state index in [4.69, 9.17) is 4.74 Å². The van der Waals surface area contributed by atoms with Crippen molar-refractivity contribution >= 4 is 11.9 Å². The number of hydrogen-bond acceptors (Lipinski definition) is 5. The highest BCUT2D eigenvalue weighted by Gasteiger charge is 2.18. The molecule has 1 amide bonds. The Bertz CT molecular complexity index is 997. The summed E-state index contributed by atoms with van der Waals surface area (Å²) in [6.45, 7) is 4.87. The third-order valence-corrected chi connectivity index (χ3v) is 13.2. The molecule has 0 aliphatic heterocycles. The summed E-state index contributed by atoms with van der Waals surface area (Å²) in [5.74, 6) is -0.0697. The number of aliphatic hydroxyl groups excluding tert-OH is 2. The van der Waals surface area contributed by atoms with Crippen LogP contribution in [0, 0.1) is 0 Å². The van der Waals surface area contributed by atoms with Gasteiger partial charge in [0.25, 0.3) is 0 Å². The maximum absolute atomic E-state index is 12.5. The SMILES string of the molecule is CCCC/C=C\CCCCCCCC(=O)OCCCCCCCCCCCCCCCCCCCCCCC(=O)NC(CO)C(O)/C=C/CCCCCCCCCCCCCCCC. The molecule has 378 valence electrons. The summed E-state index contributed by atoms with van der Waals surface area (Å²) in [7, 11) is 0. The van der Waals surface area contributed by atoms with Crippen molar-refractivity contribution in [2.75, 3.05) is 13.2 Å². The molecule has 0 rings (SSSR count). The average Bonchev–Trinajstić information content (AvgIpc) is 3.29. The maximum Gasteiger partial charge on any atom is 0.305 e. The summed E-state index contributed by atoms with van der Waals surface area (Å²) in [5, 5.41) is 23.1. The Labute approximate surface area is 399 Å². The molecule has 0 radical (unpaired) electrons. The van der Waals surface area contributed by atoms with Gasteiger partial charge in [0.15, 0.2) is 0 Å². The first-order valence-electron chi connectivity index (χ1n) is 28.6. The van der Waals surface area contributed by atoms with Crippen molar-refractivity contribution < 1.29 is 24.5 Å². The van der Waals surface area contributed by atoms with E-state index in [9.17, 15) is 19.8 Å². The molecule has 0 aromatic heterocycles. The molecule has 2 unspecified atom stereocenters. The third kappa shape index (κ3) is 49.8. The highest BCUT2D eigenvalue weighted by molar-refractivity contribution is 5.76. The van der Waals surface area contributed by atoms with Gasteiger partial charge in [0.05, 0.1) is 25.4 Å². The first kappa shape index (κ1) is 62.3. The van der Waals surface area contributed by atoms with Crippen molar-refractivity contribution in [3.05, 3.63) is 24.3 Å².